The Balaban J connectivity index is 2.37. The average molecular weight is 266 g/mol. The predicted molar refractivity (Wildman–Crippen MR) is 75.3 cm³/mol. The van der Waals surface area contributed by atoms with Crippen molar-refractivity contribution < 1.29 is 14.6 Å². The number of nitrogens with one attached hydrogen (secondary N) is 1. The molecule has 0 unspecified atom stereocenters. The first-order valence-corrected chi connectivity index (χ1v) is 6.51. The van der Waals surface area contributed by atoms with Crippen LogP contribution in [-0.2, 0) is 0 Å². The van der Waals surface area contributed by atoms with Crippen LogP contribution in [0.15, 0.2) is 18.2 Å². The van der Waals surface area contributed by atoms with Gasteiger partial charge >= 0.3 is 0 Å². The first-order valence-electron chi connectivity index (χ1n) is 6.51. The fourth-order valence-electron chi connectivity index (χ4n) is 1.75. The molecule has 0 bridgehead atoms. The Kier molecular flexibility index (Phi) is 6.74. The van der Waals surface area contributed by atoms with Gasteiger partial charge < -0.3 is 20.9 Å². The third kappa shape index (κ3) is 5.18. The fraction of sp³-hybridized carbons (Fsp3) is 0.500. The number of rotatable bonds is 8. The fourth-order valence-corrected chi connectivity index (χ4v) is 1.75. The Morgan fingerprint density at radius 1 is 1.32 bits per heavy atom. The van der Waals surface area contributed by atoms with E-state index in [1.807, 2.05) is 0 Å². The number of hydrogen-bond donors (Lipinski definition) is 3. The molecule has 1 aromatic rings. The van der Waals surface area contributed by atoms with Crippen molar-refractivity contribution in [1.29, 1.82) is 0 Å². The summed E-state index contributed by atoms with van der Waals surface area (Å²) in [7, 11) is 1.52. The Hall–Kier alpha value is -1.75. The summed E-state index contributed by atoms with van der Waals surface area (Å²) >= 11 is 0. The number of carbonyl (C=O) groups is 1. The van der Waals surface area contributed by atoms with Crippen LogP contribution in [0.3, 0.4) is 0 Å². The number of anilines is 1. The second-order valence-electron chi connectivity index (χ2n) is 4.35. The first kappa shape index (κ1) is 15.3. The molecule has 5 heteroatoms. The van der Waals surface area contributed by atoms with Crippen molar-refractivity contribution in [1.82, 2.24) is 5.32 Å². The van der Waals surface area contributed by atoms with E-state index in [1.54, 1.807) is 18.2 Å². The highest BCUT2D eigenvalue weighted by Crippen LogP contribution is 2.21. The van der Waals surface area contributed by atoms with E-state index in [0.29, 0.717) is 23.5 Å². The molecule has 0 heterocycles. The van der Waals surface area contributed by atoms with Gasteiger partial charge in [0.05, 0.1) is 12.8 Å². The van der Waals surface area contributed by atoms with Crippen molar-refractivity contribution in [2.75, 3.05) is 26.0 Å². The number of amides is 1. The molecule has 1 rings (SSSR count). The van der Waals surface area contributed by atoms with Gasteiger partial charge in [-0.3, -0.25) is 4.79 Å². The molecule has 1 amide bonds. The Morgan fingerprint density at radius 2 is 2.05 bits per heavy atom. The largest absolute Gasteiger partial charge is 0.495 e. The van der Waals surface area contributed by atoms with E-state index < -0.39 is 0 Å². The molecule has 0 aliphatic carbocycles. The number of aliphatic hydroxyl groups excluding tert-OH is 1. The number of nitrogen functional groups attached to an aromatic ring is 1. The number of nitrogens with two attached hydrogens (primary N) is 1. The smallest absolute Gasteiger partial charge is 0.251 e. The SMILES string of the molecule is COc1cc(C(=O)NCCCCCCO)ccc1N. The minimum atomic E-state index is -0.125. The van der Waals surface area contributed by atoms with Gasteiger partial charge in [-0.2, -0.15) is 0 Å². The summed E-state index contributed by atoms with van der Waals surface area (Å²) in [5, 5.41) is 11.5. The zero-order valence-electron chi connectivity index (χ0n) is 11.3. The number of methoxy groups -OCH3 is 1. The molecule has 0 saturated carbocycles. The molecule has 5 nitrogen and oxygen atoms in total. The summed E-state index contributed by atoms with van der Waals surface area (Å²) in [5.41, 5.74) is 6.75. The van der Waals surface area contributed by atoms with E-state index in [0.717, 1.165) is 25.7 Å². The van der Waals surface area contributed by atoms with Crippen LogP contribution in [0.2, 0.25) is 0 Å². The maximum Gasteiger partial charge on any atom is 0.251 e. The van der Waals surface area contributed by atoms with Crippen molar-refractivity contribution >= 4 is 11.6 Å². The summed E-state index contributed by atoms with van der Waals surface area (Å²) in [6, 6.07) is 4.98. The highest BCUT2D eigenvalue weighted by molar-refractivity contribution is 5.95. The lowest BCUT2D eigenvalue weighted by Crippen LogP contribution is -2.24. The monoisotopic (exact) mass is 266 g/mol. The molecule has 106 valence electrons. The van der Waals surface area contributed by atoms with Crippen LogP contribution in [0.25, 0.3) is 0 Å². The van der Waals surface area contributed by atoms with Gasteiger partial charge in [-0.15, -0.1) is 0 Å². The molecule has 0 atom stereocenters. The van der Waals surface area contributed by atoms with Gasteiger partial charge in [-0.1, -0.05) is 12.8 Å². The molecule has 0 fully saturated rings. The highest BCUT2D eigenvalue weighted by Gasteiger charge is 2.08. The maximum atomic E-state index is 11.9. The predicted octanol–water partition coefficient (Wildman–Crippen LogP) is 1.56. The number of benzene rings is 1. The van der Waals surface area contributed by atoms with Crippen molar-refractivity contribution in [2.24, 2.45) is 0 Å². The highest BCUT2D eigenvalue weighted by atomic mass is 16.5. The molecule has 0 saturated heterocycles. The van der Waals surface area contributed by atoms with Crippen molar-refractivity contribution in [3.8, 4) is 5.75 Å². The van der Waals surface area contributed by atoms with Crippen LogP contribution < -0.4 is 15.8 Å². The molecule has 19 heavy (non-hydrogen) atoms. The van der Waals surface area contributed by atoms with Gasteiger partial charge in [-0.05, 0) is 31.0 Å². The second kappa shape index (κ2) is 8.37. The lowest BCUT2D eigenvalue weighted by Gasteiger charge is -2.08. The standard InChI is InChI=1S/C14H22N2O3/c1-19-13-10-11(6-7-12(13)15)14(18)16-8-4-2-3-5-9-17/h6-7,10,17H,2-5,8-9,15H2,1H3,(H,16,18). The molecule has 1 aromatic carbocycles. The Bertz CT molecular complexity index is 408. The maximum absolute atomic E-state index is 11.9. The summed E-state index contributed by atoms with van der Waals surface area (Å²) in [6.07, 6.45) is 3.73. The first-order chi connectivity index (χ1) is 9.19. The number of carbonyl (C=O) groups excluding carboxylic acids is 1. The van der Waals surface area contributed by atoms with Gasteiger partial charge in [0, 0.05) is 18.7 Å². The number of hydrogen-bond acceptors (Lipinski definition) is 4. The van der Waals surface area contributed by atoms with Gasteiger partial charge in [-0.25, -0.2) is 0 Å². The summed E-state index contributed by atoms with van der Waals surface area (Å²) in [6.45, 7) is 0.870. The Morgan fingerprint density at radius 3 is 2.74 bits per heavy atom. The van der Waals surface area contributed by atoms with E-state index in [1.165, 1.54) is 7.11 Å². The molecular formula is C14H22N2O3. The van der Waals surface area contributed by atoms with Gasteiger partial charge in [0.15, 0.2) is 0 Å². The van der Waals surface area contributed by atoms with Crippen LogP contribution in [0.5, 0.6) is 5.75 Å². The molecule has 0 aliphatic heterocycles. The molecule has 0 aromatic heterocycles. The number of ether oxygens (including phenoxy) is 1. The van der Waals surface area contributed by atoms with Crippen LogP contribution in [0.4, 0.5) is 5.69 Å². The van der Waals surface area contributed by atoms with Gasteiger partial charge in [0.2, 0.25) is 0 Å². The topological polar surface area (TPSA) is 84.6 Å². The number of aliphatic hydroxyl groups is 1. The minimum Gasteiger partial charge on any atom is -0.495 e. The van der Waals surface area contributed by atoms with Gasteiger partial charge in [0.1, 0.15) is 5.75 Å². The average Bonchev–Trinajstić information content (AvgIpc) is 2.43. The summed E-state index contributed by atoms with van der Waals surface area (Å²) in [4.78, 5) is 11.9. The van der Waals surface area contributed by atoms with Crippen LogP contribution >= 0.6 is 0 Å². The van der Waals surface area contributed by atoms with E-state index in [-0.39, 0.29) is 12.5 Å². The second-order valence-corrected chi connectivity index (χ2v) is 4.35. The quantitative estimate of drug-likeness (QED) is 0.492. The zero-order chi connectivity index (χ0) is 14.1. The number of unbranched alkanes of at least 4 members (excludes halogenated alkanes) is 3. The van der Waals surface area contributed by atoms with Crippen LogP contribution in [-0.4, -0.2) is 31.3 Å². The van der Waals surface area contributed by atoms with Gasteiger partial charge in [0.25, 0.3) is 5.91 Å². The summed E-state index contributed by atoms with van der Waals surface area (Å²) < 4.78 is 5.08. The van der Waals surface area contributed by atoms with E-state index in [4.69, 9.17) is 15.6 Å². The third-order valence-electron chi connectivity index (χ3n) is 2.87. The Labute approximate surface area is 113 Å². The lowest BCUT2D eigenvalue weighted by molar-refractivity contribution is 0.0952. The zero-order valence-corrected chi connectivity index (χ0v) is 11.3. The van der Waals surface area contributed by atoms with Crippen molar-refractivity contribution in [2.45, 2.75) is 25.7 Å². The van der Waals surface area contributed by atoms with E-state index in [9.17, 15) is 4.79 Å². The lowest BCUT2D eigenvalue weighted by atomic mass is 10.1. The molecule has 4 N–H and O–H groups in total. The normalized spacial score (nSPS) is 10.2. The molecule has 0 radical (unpaired) electrons. The minimum absolute atomic E-state index is 0.125. The van der Waals surface area contributed by atoms with Crippen molar-refractivity contribution in [3.63, 3.8) is 0 Å². The van der Waals surface area contributed by atoms with E-state index in [2.05, 4.69) is 5.32 Å². The summed E-state index contributed by atoms with van der Waals surface area (Å²) in [5.74, 6) is 0.385. The third-order valence-corrected chi connectivity index (χ3v) is 2.87. The molecule has 0 spiro atoms. The van der Waals surface area contributed by atoms with Crippen molar-refractivity contribution in [3.05, 3.63) is 23.8 Å². The molecular weight excluding hydrogens is 244 g/mol. The van der Waals surface area contributed by atoms with Crippen LogP contribution in [0, 0.1) is 0 Å². The molecule has 0 aliphatic rings. The van der Waals surface area contributed by atoms with Crippen LogP contribution in [0.1, 0.15) is 36.0 Å². The van der Waals surface area contributed by atoms with E-state index >= 15 is 0 Å².